The van der Waals surface area contributed by atoms with Crippen LogP contribution in [-0.4, -0.2) is 10.9 Å². The van der Waals surface area contributed by atoms with Crippen molar-refractivity contribution >= 4 is 63.0 Å². The van der Waals surface area contributed by atoms with Crippen LogP contribution in [0.3, 0.4) is 0 Å². The minimum absolute atomic E-state index is 0.149. The lowest BCUT2D eigenvalue weighted by Crippen LogP contribution is -2.50. The van der Waals surface area contributed by atoms with Gasteiger partial charge in [-0.25, -0.2) is 0 Å². The van der Waals surface area contributed by atoms with E-state index in [2.05, 4.69) is 27.9 Å². The Morgan fingerprint density at radius 3 is 2.61 bits per heavy atom. The highest BCUT2D eigenvalue weighted by Gasteiger charge is 2.47. The Kier molecular flexibility index (Phi) is 4.13. The first-order valence-corrected chi connectivity index (χ1v) is 7.38. The number of hydrogen-bond donors (Lipinski definition) is 2. The summed E-state index contributed by atoms with van der Waals surface area (Å²) in [7, 11) is 0. The molecule has 2 rings (SSSR count). The van der Waals surface area contributed by atoms with Crippen molar-refractivity contribution in [3.8, 4) is 0 Å². The minimum atomic E-state index is -0.679. The zero-order valence-corrected chi connectivity index (χ0v) is 13.2. The fraction of sp³-hybridized carbons (Fsp3) is 0.333. The third-order valence-electron chi connectivity index (χ3n) is 3.29. The van der Waals surface area contributed by atoms with Gasteiger partial charge in [-0.1, -0.05) is 30.2 Å². The number of hydrogen-bond acceptors (Lipinski definition) is 2. The summed E-state index contributed by atoms with van der Waals surface area (Å²) in [6.07, 6.45) is 2.41. The summed E-state index contributed by atoms with van der Waals surface area (Å²) in [5, 5.41) is 3.34. The molecule has 1 aliphatic rings. The molecule has 96 valence electrons. The quantitative estimate of drug-likeness (QED) is 0.611. The van der Waals surface area contributed by atoms with E-state index in [1.54, 1.807) is 12.1 Å². The van der Waals surface area contributed by atoms with Gasteiger partial charge in [0.1, 0.15) is 0 Å². The molecule has 6 heteroatoms. The average molecular weight is 395 g/mol. The molecule has 0 saturated heterocycles. The first-order chi connectivity index (χ1) is 8.45. The van der Waals surface area contributed by atoms with Gasteiger partial charge in [0, 0.05) is 3.57 Å². The van der Waals surface area contributed by atoms with Crippen molar-refractivity contribution in [1.29, 1.82) is 0 Å². The van der Waals surface area contributed by atoms with Crippen molar-refractivity contribution in [3.63, 3.8) is 0 Å². The number of rotatable bonds is 3. The van der Waals surface area contributed by atoms with Crippen molar-refractivity contribution in [2.24, 2.45) is 11.1 Å². The standard InChI is InChI=1S/C12H12ClIN2OS/c13-8-6-7(14)2-3-9(8)16-11(17)12(10(15)18)4-1-5-12/h2-3,6H,1,4-5H2,(H2,15,18)(H,16,17). The van der Waals surface area contributed by atoms with Gasteiger partial charge in [-0.2, -0.15) is 0 Å². The molecule has 1 aliphatic carbocycles. The number of nitrogens with one attached hydrogen (secondary N) is 1. The highest BCUT2D eigenvalue weighted by Crippen LogP contribution is 2.42. The van der Waals surface area contributed by atoms with Gasteiger partial charge in [-0.3, -0.25) is 4.79 Å². The number of benzene rings is 1. The van der Waals surface area contributed by atoms with E-state index < -0.39 is 5.41 Å². The van der Waals surface area contributed by atoms with Crippen LogP contribution in [0.5, 0.6) is 0 Å². The predicted molar refractivity (Wildman–Crippen MR) is 85.9 cm³/mol. The zero-order valence-electron chi connectivity index (χ0n) is 9.50. The van der Waals surface area contributed by atoms with Gasteiger partial charge in [-0.05, 0) is 53.6 Å². The molecule has 0 spiro atoms. The first kappa shape index (κ1) is 14.0. The number of carbonyl (C=O) groups excluding carboxylic acids is 1. The second-order valence-corrected chi connectivity index (χ2v) is 6.47. The minimum Gasteiger partial charge on any atom is -0.392 e. The summed E-state index contributed by atoms with van der Waals surface area (Å²) < 4.78 is 1.02. The predicted octanol–water partition coefficient (Wildman–Crippen LogP) is 3.34. The van der Waals surface area contributed by atoms with Gasteiger partial charge in [0.2, 0.25) is 5.91 Å². The maximum atomic E-state index is 12.3. The molecule has 18 heavy (non-hydrogen) atoms. The number of halogens is 2. The number of carbonyl (C=O) groups is 1. The Labute approximate surface area is 130 Å². The summed E-state index contributed by atoms with van der Waals surface area (Å²) >= 11 is 13.3. The first-order valence-electron chi connectivity index (χ1n) is 5.52. The van der Waals surface area contributed by atoms with Crippen LogP contribution >= 0.6 is 46.4 Å². The largest absolute Gasteiger partial charge is 0.392 e. The Morgan fingerprint density at radius 1 is 1.50 bits per heavy atom. The molecule has 0 radical (unpaired) electrons. The summed E-state index contributed by atoms with van der Waals surface area (Å²) in [5.41, 5.74) is 5.61. The highest BCUT2D eigenvalue weighted by atomic mass is 127. The van der Waals surface area contributed by atoms with Crippen molar-refractivity contribution in [2.45, 2.75) is 19.3 Å². The van der Waals surface area contributed by atoms with E-state index in [0.29, 0.717) is 10.7 Å². The monoisotopic (exact) mass is 394 g/mol. The average Bonchev–Trinajstić information content (AvgIpc) is 2.19. The van der Waals surface area contributed by atoms with Gasteiger partial charge in [-0.15, -0.1) is 0 Å². The van der Waals surface area contributed by atoms with Crippen molar-refractivity contribution < 1.29 is 4.79 Å². The molecule has 0 unspecified atom stereocenters. The van der Waals surface area contributed by atoms with Crippen LogP contribution in [0, 0.1) is 8.99 Å². The maximum Gasteiger partial charge on any atom is 0.237 e. The molecule has 1 amide bonds. The maximum absolute atomic E-state index is 12.3. The Bertz CT molecular complexity index is 517. The molecule has 0 bridgehead atoms. The molecule has 1 aromatic carbocycles. The zero-order chi connectivity index (χ0) is 13.3. The van der Waals surface area contributed by atoms with Crippen LogP contribution in [0.15, 0.2) is 18.2 Å². The number of thiocarbonyl (C=S) groups is 1. The molecule has 0 heterocycles. The van der Waals surface area contributed by atoms with E-state index in [0.717, 1.165) is 22.8 Å². The van der Waals surface area contributed by atoms with Crippen LogP contribution < -0.4 is 11.1 Å². The van der Waals surface area contributed by atoms with Crippen LogP contribution in [-0.2, 0) is 4.79 Å². The lowest BCUT2D eigenvalue weighted by Gasteiger charge is -2.39. The smallest absolute Gasteiger partial charge is 0.237 e. The number of anilines is 1. The van der Waals surface area contributed by atoms with E-state index in [4.69, 9.17) is 29.6 Å². The van der Waals surface area contributed by atoms with Crippen LogP contribution in [0.25, 0.3) is 0 Å². The van der Waals surface area contributed by atoms with Gasteiger partial charge in [0.05, 0.1) is 21.1 Å². The molecule has 3 N–H and O–H groups in total. The number of nitrogens with two attached hydrogens (primary N) is 1. The second-order valence-electron chi connectivity index (χ2n) is 4.38. The van der Waals surface area contributed by atoms with E-state index in [9.17, 15) is 4.79 Å². The highest BCUT2D eigenvalue weighted by molar-refractivity contribution is 14.1. The molecule has 0 atom stereocenters. The second kappa shape index (κ2) is 5.30. The van der Waals surface area contributed by atoms with E-state index in [1.165, 1.54) is 0 Å². The van der Waals surface area contributed by atoms with Crippen LogP contribution in [0.1, 0.15) is 19.3 Å². The normalized spacial score (nSPS) is 16.8. The van der Waals surface area contributed by atoms with Crippen LogP contribution in [0.2, 0.25) is 5.02 Å². The molecule has 0 aromatic heterocycles. The SMILES string of the molecule is NC(=S)C1(C(=O)Nc2ccc(I)cc2Cl)CCC1. The fourth-order valence-corrected chi connectivity index (χ4v) is 3.15. The van der Waals surface area contributed by atoms with Crippen LogP contribution in [0.4, 0.5) is 5.69 Å². The van der Waals surface area contributed by atoms with Gasteiger partial charge >= 0.3 is 0 Å². The van der Waals surface area contributed by atoms with E-state index >= 15 is 0 Å². The van der Waals surface area contributed by atoms with Gasteiger partial charge in [0.25, 0.3) is 0 Å². The fourth-order valence-electron chi connectivity index (χ4n) is 1.95. The Hall–Kier alpha value is -0.400. The summed E-state index contributed by atoms with van der Waals surface area (Å²) in [4.78, 5) is 12.5. The number of amides is 1. The third kappa shape index (κ3) is 2.48. The Morgan fingerprint density at radius 2 is 2.17 bits per heavy atom. The molecular weight excluding hydrogens is 383 g/mol. The summed E-state index contributed by atoms with van der Waals surface area (Å²) in [5.74, 6) is -0.149. The lowest BCUT2D eigenvalue weighted by atomic mass is 9.68. The molecule has 1 fully saturated rings. The molecule has 0 aliphatic heterocycles. The van der Waals surface area contributed by atoms with Gasteiger partial charge in [0.15, 0.2) is 0 Å². The third-order valence-corrected chi connectivity index (χ3v) is 4.67. The van der Waals surface area contributed by atoms with Crippen molar-refractivity contribution in [2.75, 3.05) is 5.32 Å². The summed E-state index contributed by atoms with van der Waals surface area (Å²) in [6.45, 7) is 0. The summed E-state index contributed by atoms with van der Waals surface area (Å²) in [6, 6.07) is 5.47. The van der Waals surface area contributed by atoms with E-state index in [-0.39, 0.29) is 10.9 Å². The van der Waals surface area contributed by atoms with E-state index in [1.807, 2.05) is 6.07 Å². The van der Waals surface area contributed by atoms with Crippen molar-refractivity contribution in [1.82, 2.24) is 0 Å². The molecule has 1 saturated carbocycles. The van der Waals surface area contributed by atoms with Crippen molar-refractivity contribution in [3.05, 3.63) is 26.8 Å². The topological polar surface area (TPSA) is 55.1 Å². The lowest BCUT2D eigenvalue weighted by molar-refractivity contribution is -0.125. The molecular formula is C12H12ClIN2OS. The molecule has 1 aromatic rings. The Balaban J connectivity index is 2.19. The van der Waals surface area contributed by atoms with Gasteiger partial charge < -0.3 is 11.1 Å². The molecule has 3 nitrogen and oxygen atoms in total.